The molecule has 2 aliphatic carbocycles. The largest absolute Gasteiger partial charge is 0.743 e. The van der Waals surface area contributed by atoms with Crippen molar-refractivity contribution in [2.75, 3.05) is 14.2 Å². The van der Waals surface area contributed by atoms with Crippen LogP contribution in [0.15, 0.2) is 121 Å². The average molecular weight is 927 g/mol. The van der Waals surface area contributed by atoms with Crippen molar-refractivity contribution in [3.05, 3.63) is 153 Å². The SMILES string of the molecule is COc1ccc2nc(/C(C#N)=c3/c4c(C5CC6C=CC5C6)n(B5Oc6ccccc6O5)/c(=C(/C#N)c5nc6ccc(OC)cc6s5)c4c(-c4ccccc4C)n3B3Oc4ccccc4O3)sc2c1. The van der Waals surface area contributed by atoms with Gasteiger partial charge in [-0.05, 0) is 97.8 Å². The molecule has 0 saturated heterocycles. The minimum absolute atomic E-state index is 0.0850. The molecule has 0 amide bonds. The lowest BCUT2D eigenvalue weighted by molar-refractivity contribution is 0.415. The molecule has 0 N–H and O–H groups in total. The van der Waals surface area contributed by atoms with Crippen LogP contribution in [0.3, 0.4) is 0 Å². The number of hydrogen-bond donors (Lipinski definition) is 0. The molecular formula is C52H36B2N6O6S2. The van der Waals surface area contributed by atoms with E-state index in [0.29, 0.717) is 83.4 Å². The molecule has 6 heterocycles. The van der Waals surface area contributed by atoms with Crippen molar-refractivity contribution in [2.45, 2.75) is 25.7 Å². The maximum atomic E-state index is 11.8. The molecule has 68 heavy (non-hydrogen) atoms. The molecule has 2 aliphatic heterocycles. The number of hydrogen-bond acceptors (Lipinski definition) is 12. The van der Waals surface area contributed by atoms with Gasteiger partial charge in [0.1, 0.15) is 67.8 Å². The highest BCUT2D eigenvalue weighted by Gasteiger charge is 2.49. The zero-order valence-electron chi connectivity index (χ0n) is 36.8. The molecule has 1 fully saturated rings. The van der Waals surface area contributed by atoms with Gasteiger partial charge in [0.25, 0.3) is 0 Å². The lowest BCUT2D eigenvalue weighted by atomic mass is 9.87. The zero-order chi connectivity index (χ0) is 45.8. The van der Waals surface area contributed by atoms with E-state index in [-0.39, 0.29) is 11.8 Å². The van der Waals surface area contributed by atoms with Gasteiger partial charge in [0.05, 0.1) is 51.0 Å². The number of fused-ring (bicyclic) bond motifs is 7. The smallest absolute Gasteiger partial charge is 0.503 e. The third-order valence-corrected chi connectivity index (χ3v) is 15.6. The predicted molar refractivity (Wildman–Crippen MR) is 264 cm³/mol. The van der Waals surface area contributed by atoms with E-state index in [1.165, 1.54) is 22.7 Å². The first-order valence-corrected chi connectivity index (χ1v) is 23.9. The Labute approximate surface area is 398 Å². The van der Waals surface area contributed by atoms with E-state index in [0.717, 1.165) is 55.5 Å². The van der Waals surface area contributed by atoms with Gasteiger partial charge in [-0.1, -0.05) is 60.7 Å². The maximum absolute atomic E-state index is 11.8. The summed E-state index contributed by atoms with van der Waals surface area (Å²) < 4.78 is 44.5. The summed E-state index contributed by atoms with van der Waals surface area (Å²) in [5.74, 6) is 4.05. The van der Waals surface area contributed by atoms with Crippen LogP contribution in [0.5, 0.6) is 34.5 Å². The third-order valence-electron chi connectivity index (χ3n) is 13.6. The summed E-state index contributed by atoms with van der Waals surface area (Å²) in [5.41, 5.74) is 5.42. The second-order valence-corrected chi connectivity index (χ2v) is 19.3. The van der Waals surface area contributed by atoms with Gasteiger partial charge in [-0.15, -0.1) is 22.7 Å². The number of aryl methyl sites for hydroxylation is 1. The van der Waals surface area contributed by atoms with E-state index in [9.17, 15) is 10.5 Å². The quantitative estimate of drug-likeness (QED) is 0.107. The van der Waals surface area contributed by atoms with Crippen molar-refractivity contribution in [2.24, 2.45) is 11.8 Å². The third kappa shape index (κ3) is 6.11. The van der Waals surface area contributed by atoms with Crippen molar-refractivity contribution >= 4 is 79.5 Å². The molecule has 5 aromatic carbocycles. The summed E-state index contributed by atoms with van der Waals surface area (Å²) >= 11 is 2.82. The van der Waals surface area contributed by atoms with Crippen molar-refractivity contribution in [3.8, 4) is 57.9 Å². The highest BCUT2D eigenvalue weighted by atomic mass is 32.1. The summed E-state index contributed by atoms with van der Waals surface area (Å²) in [6.45, 7) is 2.06. The molecule has 3 unspecified atom stereocenters. The van der Waals surface area contributed by atoms with Gasteiger partial charge in [-0.25, -0.2) is 9.97 Å². The van der Waals surface area contributed by atoms with Gasteiger partial charge >= 0.3 is 14.5 Å². The highest BCUT2D eigenvalue weighted by Crippen LogP contribution is 2.51. The molecule has 12 nitrogen and oxygen atoms in total. The summed E-state index contributed by atoms with van der Waals surface area (Å²) in [5, 5.41) is 27.2. The number of allylic oxidation sites excluding steroid dienone is 2. The van der Waals surface area contributed by atoms with Crippen LogP contribution in [-0.2, 0) is 0 Å². The van der Waals surface area contributed by atoms with Crippen LogP contribution >= 0.6 is 22.7 Å². The summed E-state index contributed by atoms with van der Waals surface area (Å²) in [7, 11) is 1.14. The standard InChI is InChI=1S/C52H36B2N6O6S2/c1-28-10-4-5-11-33(28)47-45-46(50(59(47)53-63-39-12-6-7-13-40(39)64-53)36(27-56)52-58-38-21-19-32(62-3)25-44(38)68-52)48(34-23-29-16-17-30(34)22-29)60(54-65-41-14-8-9-15-42(41)66-54)49(45)35(26-55)51-57-37-20-18-31(61-2)24-43(37)67-51/h4-21,24-25,29-30,34H,22-23H2,1-3H3/b49-35-,50-36-. The minimum atomic E-state index is -1.08. The molecular weight excluding hydrogens is 890 g/mol. The van der Waals surface area contributed by atoms with Crippen LogP contribution in [0.4, 0.5) is 0 Å². The van der Waals surface area contributed by atoms with E-state index in [2.05, 4.69) is 47.8 Å². The number of para-hydroxylation sites is 4. The number of thiazole rings is 2. The Kier molecular flexibility index (Phi) is 9.26. The predicted octanol–water partition coefficient (Wildman–Crippen LogP) is 9.39. The van der Waals surface area contributed by atoms with Crippen LogP contribution in [0.25, 0.3) is 53.6 Å². The first kappa shape index (κ1) is 40.4. The molecule has 4 aliphatic rings. The van der Waals surface area contributed by atoms with Crippen molar-refractivity contribution < 1.29 is 28.1 Å². The van der Waals surface area contributed by atoms with E-state index in [1.54, 1.807) is 14.2 Å². The van der Waals surface area contributed by atoms with Gasteiger partial charge in [0, 0.05) is 27.9 Å². The molecule has 0 radical (unpaired) electrons. The number of benzene rings is 5. The minimum Gasteiger partial charge on any atom is -0.503 e. The van der Waals surface area contributed by atoms with Gasteiger partial charge in [0.15, 0.2) is 0 Å². The Morgan fingerprint density at radius 3 is 1.65 bits per heavy atom. The van der Waals surface area contributed by atoms with Gasteiger partial charge in [-0.3, -0.25) is 0 Å². The monoisotopic (exact) mass is 926 g/mol. The number of ether oxygens (including phenoxy) is 2. The molecule has 3 atom stereocenters. The summed E-state index contributed by atoms with van der Waals surface area (Å²) in [6, 6.07) is 40.1. The van der Waals surface area contributed by atoms with E-state index in [1.807, 2.05) is 102 Å². The topological polar surface area (TPSA) is 139 Å². The molecule has 2 bridgehead atoms. The fourth-order valence-electron chi connectivity index (χ4n) is 10.6. The number of nitrogens with zero attached hydrogens (tertiary/aromatic N) is 6. The van der Waals surface area contributed by atoms with Gasteiger partial charge in [-0.2, -0.15) is 10.5 Å². The molecule has 0 spiro atoms. The lowest BCUT2D eigenvalue weighted by Crippen LogP contribution is -2.45. The number of nitriles is 2. The molecule has 328 valence electrons. The van der Waals surface area contributed by atoms with Gasteiger partial charge in [0.2, 0.25) is 0 Å². The van der Waals surface area contributed by atoms with Crippen LogP contribution in [0, 0.1) is 41.4 Å². The maximum Gasteiger partial charge on any atom is 0.743 e. The Hall–Kier alpha value is -7.91. The second kappa shape index (κ2) is 15.6. The Morgan fingerprint density at radius 2 is 1.16 bits per heavy atom. The number of aromatic nitrogens is 4. The number of rotatable bonds is 8. The Bertz CT molecular complexity index is 3710. The number of methoxy groups -OCH3 is 2. The van der Waals surface area contributed by atoms with Crippen LogP contribution < -0.4 is 38.8 Å². The molecule has 13 rings (SSSR count). The normalized spacial score (nSPS) is 18.5. The Balaban J connectivity index is 1.28. The van der Waals surface area contributed by atoms with E-state index in [4.69, 9.17) is 38.1 Å². The van der Waals surface area contributed by atoms with Crippen LogP contribution in [0.2, 0.25) is 0 Å². The summed E-state index contributed by atoms with van der Waals surface area (Å²) in [4.78, 5) is 10.3. The Morgan fingerprint density at radius 1 is 0.647 bits per heavy atom. The van der Waals surface area contributed by atoms with Crippen LogP contribution in [0.1, 0.15) is 40.0 Å². The first-order chi connectivity index (χ1) is 33.4. The van der Waals surface area contributed by atoms with Gasteiger partial charge < -0.3 is 37.0 Å². The molecule has 16 heteroatoms. The van der Waals surface area contributed by atoms with Crippen molar-refractivity contribution in [3.63, 3.8) is 0 Å². The summed E-state index contributed by atoms with van der Waals surface area (Å²) in [6.07, 6.45) is 6.43. The average Bonchev–Trinajstić information content (AvgIpc) is 4.24. The fraction of sp³-hybridized carbons (Fsp3) is 0.154. The molecule has 1 saturated carbocycles. The van der Waals surface area contributed by atoms with E-state index < -0.39 is 14.5 Å². The zero-order valence-corrected chi connectivity index (χ0v) is 38.4. The molecule has 9 aromatic rings. The van der Waals surface area contributed by atoms with Crippen molar-refractivity contribution in [1.82, 2.24) is 18.9 Å². The first-order valence-electron chi connectivity index (χ1n) is 22.3. The molecule has 4 aromatic heterocycles. The van der Waals surface area contributed by atoms with Crippen molar-refractivity contribution in [1.29, 1.82) is 10.5 Å². The lowest BCUT2D eigenvalue weighted by Gasteiger charge is -2.23. The fourth-order valence-corrected chi connectivity index (χ4v) is 12.6. The second-order valence-electron chi connectivity index (χ2n) is 17.3. The highest BCUT2D eigenvalue weighted by molar-refractivity contribution is 7.20. The van der Waals surface area contributed by atoms with Crippen LogP contribution in [-0.4, -0.2) is 47.7 Å². The van der Waals surface area contributed by atoms with E-state index >= 15 is 0 Å².